The van der Waals surface area contributed by atoms with Crippen LogP contribution in [0.25, 0.3) is 0 Å². The average Bonchev–Trinajstić information content (AvgIpc) is 3.21. The molecule has 0 radical (unpaired) electrons. The smallest absolute Gasteiger partial charge is 0.311 e. The van der Waals surface area contributed by atoms with Crippen LogP contribution in [-0.4, -0.2) is 166 Å². The van der Waals surface area contributed by atoms with Gasteiger partial charge in [-0.2, -0.15) is 0 Å². The Morgan fingerprint density at radius 2 is 1.28 bits per heavy atom. The fourth-order valence-electron chi connectivity index (χ4n) is 8.11. The summed E-state index contributed by atoms with van der Waals surface area (Å²) in [6, 6.07) is -1.14. The molecule has 0 amide bonds. The maximum absolute atomic E-state index is 12.6. The number of aliphatic hydroxyl groups excluding tert-OH is 9. The molecule has 0 aromatic rings. The number of carbonyl (C=O) groups is 2. The highest BCUT2D eigenvalue weighted by molar-refractivity contribution is 5.71. The van der Waals surface area contributed by atoms with Gasteiger partial charge in [-0.1, -0.05) is 86.8 Å². The number of ether oxygens (including phenoxy) is 4. The number of cyclic esters (lactones) is 1. The summed E-state index contributed by atoms with van der Waals surface area (Å²) < 4.78 is 23.2. The molecule has 0 aliphatic carbocycles. The van der Waals surface area contributed by atoms with Crippen molar-refractivity contribution in [2.75, 3.05) is 0 Å². The number of carbonyl (C=O) groups excluding carboxylic acids is 1. The third kappa shape index (κ3) is 18.8. The van der Waals surface area contributed by atoms with E-state index in [0.717, 1.165) is 12.8 Å². The zero-order valence-electron chi connectivity index (χ0n) is 37.8. The average molecular weight is 926 g/mol. The van der Waals surface area contributed by atoms with E-state index in [1.807, 2.05) is 49.5 Å². The third-order valence-electron chi connectivity index (χ3n) is 12.2. The number of hydrogen-bond donors (Lipinski definition) is 12. The van der Waals surface area contributed by atoms with E-state index in [0.29, 0.717) is 0 Å². The molecule has 0 saturated carbocycles. The van der Waals surface area contributed by atoms with Crippen LogP contribution in [0.2, 0.25) is 0 Å². The van der Waals surface area contributed by atoms with Crippen LogP contribution < -0.4 is 5.73 Å². The van der Waals surface area contributed by atoms with Crippen LogP contribution >= 0.6 is 0 Å². The predicted molar refractivity (Wildman–Crippen MR) is 237 cm³/mol. The summed E-state index contributed by atoms with van der Waals surface area (Å²) in [5.41, 5.74) is 6.02. The van der Waals surface area contributed by atoms with E-state index < -0.39 is 141 Å². The summed E-state index contributed by atoms with van der Waals surface area (Å²) in [5, 5.41) is 118. The lowest BCUT2D eigenvalue weighted by Gasteiger charge is -2.45. The number of aliphatic hydroxyl groups is 10. The number of carboxylic acid groups (broad SMARTS) is 1. The van der Waals surface area contributed by atoms with E-state index in [1.54, 1.807) is 38.2 Å². The largest absolute Gasteiger partial charge is 0.481 e. The molecule has 0 aromatic carbocycles. The number of allylic oxidation sites excluding steroid dienone is 10. The molecule has 2 saturated heterocycles. The zero-order valence-corrected chi connectivity index (χ0v) is 37.8. The van der Waals surface area contributed by atoms with Crippen LogP contribution in [0.1, 0.15) is 91.9 Å². The molecule has 370 valence electrons. The van der Waals surface area contributed by atoms with Crippen LogP contribution in [0.4, 0.5) is 0 Å². The first-order valence-corrected chi connectivity index (χ1v) is 22.6. The van der Waals surface area contributed by atoms with Crippen LogP contribution in [0.15, 0.2) is 72.9 Å². The molecular weight excluding hydrogens is 851 g/mol. The number of carboxylic acids is 1. The fraction of sp³-hybridized carbons (Fsp3) is 0.702. The van der Waals surface area contributed by atoms with Crippen LogP contribution in [0.3, 0.4) is 0 Å². The Morgan fingerprint density at radius 1 is 0.692 bits per heavy atom. The summed E-state index contributed by atoms with van der Waals surface area (Å²) in [7, 11) is 0. The third-order valence-corrected chi connectivity index (χ3v) is 12.2. The van der Waals surface area contributed by atoms with Crippen LogP contribution in [-0.2, 0) is 28.5 Å². The standard InChI is InChI=1S/C47H75NO17/c1-27-17-15-13-11-9-7-5-6-8-10-12-14-16-18-34(64-46-44(58)41(48)43(57)30(4)63-46)24-38-40(45(59)60)37(54)26-47(61,65-38)25-36(53)35(52)20-19-31(49)21-32(50)22-33(51)23-39(55)62-29(3)28(2)42(27)56/h5-6,8,10-18,27-38,40-44,46,49-54,56-58,61H,7,9,19-26,48H2,1-4H3,(H,59,60)/b6-5+,10-8+,13-11+,14-12+,17-15+,18-16-/t27-,28+,29-,30-,31+,32+,33+,34+,35-,36+,37+,38-,40+,41+,42-,43-,44+,46+,47+/m1/s1. The van der Waals surface area contributed by atoms with Crippen molar-refractivity contribution in [3.8, 4) is 0 Å². The van der Waals surface area contributed by atoms with Crippen LogP contribution in [0.5, 0.6) is 0 Å². The number of hydrogen-bond acceptors (Lipinski definition) is 17. The first-order valence-electron chi connectivity index (χ1n) is 22.6. The fourth-order valence-corrected chi connectivity index (χ4v) is 8.11. The van der Waals surface area contributed by atoms with Crippen molar-refractivity contribution >= 4 is 11.9 Å². The number of esters is 1. The predicted octanol–water partition coefficient (Wildman–Crippen LogP) is 0.936. The highest BCUT2D eigenvalue weighted by Crippen LogP contribution is 2.38. The van der Waals surface area contributed by atoms with Crippen molar-refractivity contribution in [3.63, 3.8) is 0 Å². The van der Waals surface area contributed by atoms with Gasteiger partial charge in [0, 0.05) is 31.1 Å². The first-order chi connectivity index (χ1) is 30.6. The highest BCUT2D eigenvalue weighted by Gasteiger charge is 2.51. The molecule has 0 unspecified atom stereocenters. The molecule has 2 fully saturated rings. The van der Waals surface area contributed by atoms with E-state index in [1.165, 1.54) is 13.0 Å². The minimum absolute atomic E-state index is 0.138. The summed E-state index contributed by atoms with van der Waals surface area (Å²) in [5.74, 6) is -6.82. The minimum Gasteiger partial charge on any atom is -0.481 e. The van der Waals surface area contributed by atoms with Crippen molar-refractivity contribution in [2.24, 2.45) is 23.5 Å². The topological polar surface area (TPSA) is 320 Å². The molecule has 3 rings (SSSR count). The Hall–Kier alpha value is -3.18. The molecule has 65 heavy (non-hydrogen) atoms. The molecule has 0 aromatic heterocycles. The van der Waals surface area contributed by atoms with E-state index in [2.05, 4.69) is 0 Å². The normalized spacial score (nSPS) is 45.2. The van der Waals surface area contributed by atoms with Crippen molar-refractivity contribution < 1.29 is 84.7 Å². The van der Waals surface area contributed by atoms with Gasteiger partial charge in [-0.25, -0.2) is 0 Å². The molecule has 18 heteroatoms. The Bertz CT molecular complexity index is 1620. The van der Waals surface area contributed by atoms with Gasteiger partial charge in [0.1, 0.15) is 18.1 Å². The lowest BCUT2D eigenvalue weighted by molar-refractivity contribution is -0.310. The molecule has 19 atom stereocenters. The Balaban J connectivity index is 1.84. The van der Waals surface area contributed by atoms with E-state index in [-0.39, 0.29) is 38.0 Å². The summed E-state index contributed by atoms with van der Waals surface area (Å²) in [6.45, 7) is 6.78. The zero-order chi connectivity index (χ0) is 48.4. The molecule has 0 spiro atoms. The molecule has 3 aliphatic heterocycles. The van der Waals surface area contributed by atoms with Gasteiger partial charge < -0.3 is 80.9 Å². The number of fused-ring (bicyclic) bond motifs is 2. The second kappa shape index (κ2) is 27.6. The molecule has 3 aliphatic rings. The van der Waals surface area contributed by atoms with Crippen molar-refractivity contribution in [1.29, 1.82) is 0 Å². The van der Waals surface area contributed by atoms with Gasteiger partial charge in [0.15, 0.2) is 12.1 Å². The second-order valence-corrected chi connectivity index (χ2v) is 17.8. The van der Waals surface area contributed by atoms with E-state index >= 15 is 0 Å². The van der Waals surface area contributed by atoms with Gasteiger partial charge in [-0.3, -0.25) is 9.59 Å². The SMILES string of the molecule is C[C@@H]1[C@H](O)[C@H](C)/C=C/C=C/CC/C=C/C=C/C=C/C=C\[C@H](O[C@@H]2O[C@H](C)[C@@H](O)[C@H](N)[C@@H]2O)C[C@H]2O[C@](O)(C[C@H](O)[C@@H]2C(=O)O)C[C@H](O)[C@H](O)CC[C@H](O)C[C@H](O)C[C@H](O)CC(=O)O[C@@H]1C. The molecular formula is C47H75NO17. The Morgan fingerprint density at radius 3 is 1.94 bits per heavy atom. The van der Waals surface area contributed by atoms with Gasteiger partial charge in [0.25, 0.3) is 0 Å². The van der Waals surface area contributed by atoms with Crippen molar-refractivity contribution in [2.45, 2.75) is 189 Å². The maximum atomic E-state index is 12.6. The highest BCUT2D eigenvalue weighted by atomic mass is 16.7. The van der Waals surface area contributed by atoms with Gasteiger partial charge >= 0.3 is 11.9 Å². The second-order valence-electron chi connectivity index (χ2n) is 17.8. The summed E-state index contributed by atoms with van der Waals surface area (Å²) >= 11 is 0. The monoisotopic (exact) mass is 926 g/mol. The van der Waals surface area contributed by atoms with E-state index in [4.69, 9.17) is 24.7 Å². The molecule has 18 nitrogen and oxygen atoms in total. The van der Waals surface area contributed by atoms with Gasteiger partial charge in [0.05, 0.1) is 79.6 Å². The van der Waals surface area contributed by atoms with Gasteiger partial charge in [-0.15, -0.1) is 0 Å². The maximum Gasteiger partial charge on any atom is 0.311 e. The quantitative estimate of drug-likeness (QED) is 0.175. The van der Waals surface area contributed by atoms with Crippen molar-refractivity contribution in [3.05, 3.63) is 72.9 Å². The Kier molecular flexibility index (Phi) is 23.8. The lowest BCUT2D eigenvalue weighted by Crippen LogP contribution is -2.61. The summed E-state index contributed by atoms with van der Waals surface area (Å²) in [4.78, 5) is 25.1. The summed E-state index contributed by atoms with van der Waals surface area (Å²) in [6.07, 6.45) is 2.28. The van der Waals surface area contributed by atoms with Gasteiger partial charge in [-0.05, 0) is 52.4 Å². The number of aliphatic carboxylic acids is 1. The van der Waals surface area contributed by atoms with Crippen LogP contribution in [0, 0.1) is 17.8 Å². The number of rotatable bonds is 3. The molecule has 13 N–H and O–H groups in total. The van der Waals surface area contributed by atoms with E-state index in [9.17, 15) is 65.8 Å². The lowest BCUT2D eigenvalue weighted by atomic mass is 9.82. The molecule has 2 bridgehead atoms. The first kappa shape index (κ1) is 56.1. The molecule has 3 heterocycles. The number of nitrogens with two attached hydrogens (primary N) is 1. The Labute approximate surface area is 381 Å². The van der Waals surface area contributed by atoms with Crippen molar-refractivity contribution in [1.82, 2.24) is 0 Å². The van der Waals surface area contributed by atoms with Gasteiger partial charge in [0.2, 0.25) is 0 Å². The minimum atomic E-state index is -2.35.